The molecule has 5 aromatic rings. The molecule has 0 saturated carbocycles. The summed E-state index contributed by atoms with van der Waals surface area (Å²) in [5, 5.41) is 9.61. The molecular formula is C24H19N5O4S. The first kappa shape index (κ1) is 21.5. The van der Waals surface area contributed by atoms with Crippen molar-refractivity contribution < 1.29 is 9.21 Å². The van der Waals surface area contributed by atoms with Crippen molar-refractivity contribution in [1.29, 1.82) is 0 Å². The molecule has 0 aliphatic carbocycles. The standard InChI is InChI=1S/C24H19N5O4S/c1-2-6-14-11-22(31)27-24(25-14)29-21(12-16(28-29)20-9-5-10-34-20)26-23(32)19-13-17(30)15-7-3-4-8-18(15)33-19/h3-5,7-13H,2,6H2,1H3,(H,26,32)(H,25,27,31). The SMILES string of the molecule is CCCc1cc(=O)[nH]c(-n2nc(-c3cccs3)cc2NC(=O)c2cc(=O)c3ccccc3o2)n1. The molecule has 34 heavy (non-hydrogen) atoms. The number of carbonyl (C=O) groups excluding carboxylic acids is 1. The third-order valence-electron chi connectivity index (χ3n) is 5.07. The van der Waals surface area contributed by atoms with E-state index in [1.807, 2.05) is 24.4 Å². The number of hydrogen-bond acceptors (Lipinski definition) is 7. The molecule has 0 aliphatic rings. The molecule has 1 amide bonds. The molecule has 2 N–H and O–H groups in total. The lowest BCUT2D eigenvalue weighted by Crippen LogP contribution is -2.20. The second-order valence-corrected chi connectivity index (χ2v) is 8.49. The van der Waals surface area contributed by atoms with Crippen LogP contribution in [-0.2, 0) is 6.42 Å². The molecule has 4 aromatic heterocycles. The summed E-state index contributed by atoms with van der Waals surface area (Å²) in [6, 6.07) is 14.8. The van der Waals surface area contributed by atoms with Crippen LogP contribution < -0.4 is 16.3 Å². The van der Waals surface area contributed by atoms with Gasteiger partial charge in [-0.25, -0.2) is 4.98 Å². The average molecular weight is 474 g/mol. The van der Waals surface area contributed by atoms with Crippen LogP contribution >= 0.6 is 11.3 Å². The maximum Gasteiger partial charge on any atom is 0.292 e. The van der Waals surface area contributed by atoms with Crippen molar-refractivity contribution in [2.75, 3.05) is 5.32 Å². The normalized spacial score (nSPS) is 11.1. The highest BCUT2D eigenvalue weighted by Gasteiger charge is 2.19. The van der Waals surface area contributed by atoms with Crippen LogP contribution in [0.4, 0.5) is 5.82 Å². The Morgan fingerprint density at radius 1 is 1.15 bits per heavy atom. The number of anilines is 1. The Kier molecular flexibility index (Phi) is 5.64. The van der Waals surface area contributed by atoms with E-state index in [0.29, 0.717) is 28.8 Å². The molecule has 0 radical (unpaired) electrons. The summed E-state index contributed by atoms with van der Waals surface area (Å²) in [6.45, 7) is 1.99. The fourth-order valence-corrected chi connectivity index (χ4v) is 4.23. The minimum absolute atomic E-state index is 0.143. The van der Waals surface area contributed by atoms with Crippen LogP contribution in [0.1, 0.15) is 29.6 Å². The zero-order chi connectivity index (χ0) is 23.7. The quantitative estimate of drug-likeness (QED) is 0.384. The molecule has 0 saturated heterocycles. The average Bonchev–Trinajstić information content (AvgIpc) is 3.49. The zero-order valence-electron chi connectivity index (χ0n) is 18.1. The van der Waals surface area contributed by atoms with Gasteiger partial charge in [-0.2, -0.15) is 9.78 Å². The van der Waals surface area contributed by atoms with Crippen molar-refractivity contribution in [2.24, 2.45) is 0 Å². The summed E-state index contributed by atoms with van der Waals surface area (Å²) in [5.74, 6) is -0.334. The van der Waals surface area contributed by atoms with E-state index in [1.54, 1.807) is 30.3 Å². The predicted octanol–water partition coefficient (Wildman–Crippen LogP) is 4.00. The van der Waals surface area contributed by atoms with Crippen molar-refractivity contribution >= 4 is 34.0 Å². The van der Waals surface area contributed by atoms with E-state index in [4.69, 9.17) is 4.42 Å². The van der Waals surface area contributed by atoms with Crippen LogP contribution in [-0.4, -0.2) is 25.7 Å². The second-order valence-electron chi connectivity index (χ2n) is 7.54. The molecule has 9 nitrogen and oxygen atoms in total. The number of nitrogens with zero attached hydrogens (tertiary/aromatic N) is 3. The van der Waals surface area contributed by atoms with E-state index in [-0.39, 0.29) is 28.5 Å². The molecule has 170 valence electrons. The summed E-state index contributed by atoms with van der Waals surface area (Å²) in [6.07, 6.45) is 1.44. The van der Waals surface area contributed by atoms with Crippen molar-refractivity contribution in [3.63, 3.8) is 0 Å². The van der Waals surface area contributed by atoms with Gasteiger partial charge in [0.15, 0.2) is 11.2 Å². The van der Waals surface area contributed by atoms with Crippen molar-refractivity contribution in [2.45, 2.75) is 19.8 Å². The van der Waals surface area contributed by atoms with Gasteiger partial charge in [0, 0.05) is 23.9 Å². The van der Waals surface area contributed by atoms with Crippen LogP contribution in [0.15, 0.2) is 74.0 Å². The Morgan fingerprint density at radius 2 is 2.00 bits per heavy atom. The van der Waals surface area contributed by atoms with Gasteiger partial charge in [0.2, 0.25) is 5.95 Å². The molecule has 0 spiro atoms. The van der Waals surface area contributed by atoms with E-state index in [2.05, 4.69) is 20.4 Å². The highest BCUT2D eigenvalue weighted by atomic mass is 32.1. The molecule has 0 bridgehead atoms. The van der Waals surface area contributed by atoms with Crippen molar-refractivity contribution in [1.82, 2.24) is 19.7 Å². The van der Waals surface area contributed by atoms with E-state index in [9.17, 15) is 14.4 Å². The van der Waals surface area contributed by atoms with Crippen LogP contribution in [0, 0.1) is 0 Å². The third kappa shape index (κ3) is 4.18. The van der Waals surface area contributed by atoms with Crippen LogP contribution in [0.3, 0.4) is 0 Å². The number of benzene rings is 1. The lowest BCUT2D eigenvalue weighted by Gasteiger charge is -2.09. The molecule has 1 aromatic carbocycles. The number of rotatable bonds is 6. The summed E-state index contributed by atoms with van der Waals surface area (Å²) in [5.41, 5.74) is 0.879. The molecule has 10 heteroatoms. The number of aryl methyl sites for hydroxylation is 1. The Morgan fingerprint density at radius 3 is 2.79 bits per heavy atom. The summed E-state index contributed by atoms with van der Waals surface area (Å²) in [7, 11) is 0. The fraction of sp³-hybridized carbons (Fsp3) is 0.125. The number of aromatic amines is 1. The van der Waals surface area contributed by atoms with Crippen LogP contribution in [0.25, 0.3) is 27.5 Å². The van der Waals surface area contributed by atoms with E-state index < -0.39 is 5.91 Å². The topological polar surface area (TPSA) is 123 Å². The number of carbonyl (C=O) groups is 1. The molecule has 5 rings (SSSR count). The molecule has 0 aliphatic heterocycles. The van der Waals surface area contributed by atoms with Gasteiger partial charge in [-0.3, -0.25) is 19.4 Å². The zero-order valence-corrected chi connectivity index (χ0v) is 18.9. The highest BCUT2D eigenvalue weighted by Crippen LogP contribution is 2.27. The molecule has 0 unspecified atom stereocenters. The van der Waals surface area contributed by atoms with Gasteiger partial charge >= 0.3 is 0 Å². The number of nitrogens with one attached hydrogen (secondary N) is 2. The Hall–Kier alpha value is -4.31. The number of thiophene rings is 1. The molecule has 4 heterocycles. The highest BCUT2D eigenvalue weighted by molar-refractivity contribution is 7.13. The van der Waals surface area contributed by atoms with Crippen LogP contribution in [0.5, 0.6) is 0 Å². The van der Waals surface area contributed by atoms with Gasteiger partial charge in [0.1, 0.15) is 17.1 Å². The number of amides is 1. The largest absolute Gasteiger partial charge is 0.451 e. The Labute approximate surface area is 196 Å². The summed E-state index contributed by atoms with van der Waals surface area (Å²) < 4.78 is 7.03. The van der Waals surface area contributed by atoms with E-state index in [1.165, 1.54) is 22.1 Å². The molecular weight excluding hydrogens is 454 g/mol. The van der Waals surface area contributed by atoms with E-state index >= 15 is 0 Å². The van der Waals surface area contributed by atoms with Gasteiger partial charge in [-0.15, -0.1) is 11.3 Å². The molecule has 0 atom stereocenters. The van der Waals surface area contributed by atoms with Gasteiger partial charge in [-0.1, -0.05) is 31.5 Å². The van der Waals surface area contributed by atoms with Crippen LogP contribution in [0.2, 0.25) is 0 Å². The van der Waals surface area contributed by atoms with E-state index in [0.717, 1.165) is 17.4 Å². The number of hydrogen-bond donors (Lipinski definition) is 2. The van der Waals surface area contributed by atoms with Crippen molar-refractivity contribution in [3.05, 3.63) is 92.0 Å². The lowest BCUT2D eigenvalue weighted by atomic mass is 10.2. The number of para-hydroxylation sites is 1. The third-order valence-corrected chi connectivity index (χ3v) is 5.96. The number of aromatic nitrogens is 4. The summed E-state index contributed by atoms with van der Waals surface area (Å²) in [4.78, 5) is 45.8. The lowest BCUT2D eigenvalue weighted by molar-refractivity contribution is 0.0996. The number of H-pyrrole nitrogens is 1. The smallest absolute Gasteiger partial charge is 0.292 e. The minimum Gasteiger partial charge on any atom is -0.451 e. The monoisotopic (exact) mass is 473 g/mol. The first-order valence-electron chi connectivity index (χ1n) is 10.6. The Bertz CT molecular complexity index is 1610. The second kappa shape index (κ2) is 8.91. The van der Waals surface area contributed by atoms with Gasteiger partial charge in [-0.05, 0) is 30.0 Å². The maximum absolute atomic E-state index is 13.1. The maximum atomic E-state index is 13.1. The van der Waals surface area contributed by atoms with Crippen molar-refractivity contribution in [3.8, 4) is 16.5 Å². The molecule has 0 fully saturated rings. The predicted molar refractivity (Wildman–Crippen MR) is 130 cm³/mol. The fourth-order valence-electron chi connectivity index (χ4n) is 3.55. The summed E-state index contributed by atoms with van der Waals surface area (Å²) >= 11 is 1.49. The first-order valence-corrected chi connectivity index (χ1v) is 11.5. The first-order chi connectivity index (χ1) is 16.5. The van der Waals surface area contributed by atoms with Gasteiger partial charge < -0.3 is 9.73 Å². The van der Waals surface area contributed by atoms with Gasteiger partial charge in [0.05, 0.1) is 10.3 Å². The minimum atomic E-state index is -0.631. The number of fused-ring (bicyclic) bond motifs is 1. The van der Waals surface area contributed by atoms with Gasteiger partial charge in [0.25, 0.3) is 11.5 Å². The Balaban J connectivity index is 1.58.